The van der Waals surface area contributed by atoms with Gasteiger partial charge in [-0.1, -0.05) is 97.3 Å². The maximum atomic E-state index is 11.2. The molecule has 0 aliphatic rings. The fourth-order valence-electron chi connectivity index (χ4n) is 3.01. The van der Waals surface area contributed by atoms with Crippen molar-refractivity contribution >= 4 is 5.97 Å². The van der Waals surface area contributed by atoms with Crippen LogP contribution in [-0.2, 0) is 14.3 Å². The lowest BCUT2D eigenvalue weighted by atomic mass is 10.0. The fourth-order valence-corrected chi connectivity index (χ4v) is 3.01. The van der Waals surface area contributed by atoms with Crippen LogP contribution in [0, 0.1) is 0 Å². The lowest BCUT2D eigenvalue weighted by Crippen LogP contribution is -2.27. The summed E-state index contributed by atoms with van der Waals surface area (Å²) in [5, 5.41) is 9.14. The maximum absolute atomic E-state index is 11.2. The molecule has 1 N–H and O–H groups in total. The molecule has 1 atom stereocenters. The van der Waals surface area contributed by atoms with Gasteiger partial charge >= 0.3 is 5.97 Å². The van der Waals surface area contributed by atoms with Crippen molar-refractivity contribution in [1.82, 2.24) is 0 Å². The van der Waals surface area contributed by atoms with Crippen LogP contribution in [0.2, 0.25) is 0 Å². The summed E-state index contributed by atoms with van der Waals surface area (Å²) in [6.45, 7) is 4.81. The molecule has 26 heavy (non-hydrogen) atoms. The Morgan fingerprint density at radius 1 is 0.769 bits per heavy atom. The van der Waals surface area contributed by atoms with Gasteiger partial charge in [-0.2, -0.15) is 0 Å². The zero-order valence-electron chi connectivity index (χ0n) is 17.5. The molecule has 156 valence electrons. The van der Waals surface area contributed by atoms with Gasteiger partial charge in [0.15, 0.2) is 0 Å². The largest absolute Gasteiger partial charge is 0.457 e. The molecule has 0 saturated carbocycles. The number of hydrogen-bond acceptors (Lipinski definition) is 4. The predicted molar refractivity (Wildman–Crippen MR) is 108 cm³/mol. The van der Waals surface area contributed by atoms with Gasteiger partial charge in [-0.15, -0.1) is 0 Å². The van der Waals surface area contributed by atoms with Crippen LogP contribution in [0.4, 0.5) is 0 Å². The Kier molecular flexibility index (Phi) is 20.2. The Hall–Kier alpha value is -0.610. The van der Waals surface area contributed by atoms with Crippen molar-refractivity contribution in [2.24, 2.45) is 0 Å². The fraction of sp³-hybridized carbons (Fsp3) is 0.955. The minimum atomic E-state index is -0.519. The number of aliphatic hydroxyl groups is 1. The summed E-state index contributed by atoms with van der Waals surface area (Å²) >= 11 is 0. The average Bonchev–Trinajstić information content (AvgIpc) is 2.66. The van der Waals surface area contributed by atoms with Gasteiger partial charge in [0, 0.05) is 13.0 Å². The van der Waals surface area contributed by atoms with E-state index in [0.717, 1.165) is 6.42 Å². The number of esters is 1. The molecule has 0 aromatic rings. The molecule has 0 rings (SSSR count). The molecule has 0 radical (unpaired) electrons. The standard InChI is InChI=1S/C22H44O4/c1-3-5-6-7-8-9-10-11-12-13-14-15-16-17-18-25-20-21(19-23)26-22(24)4-2/h21,23H,3-20H2,1-2H3/t21-/m0/s1. The second-order valence-corrected chi connectivity index (χ2v) is 7.32. The molecule has 4 nitrogen and oxygen atoms in total. The van der Waals surface area contributed by atoms with E-state index in [0.29, 0.717) is 19.6 Å². The first-order valence-corrected chi connectivity index (χ1v) is 11.1. The summed E-state index contributed by atoms with van der Waals surface area (Å²) in [4.78, 5) is 11.2. The van der Waals surface area contributed by atoms with Crippen molar-refractivity contribution < 1.29 is 19.4 Å². The van der Waals surface area contributed by atoms with Gasteiger partial charge in [0.1, 0.15) is 6.10 Å². The Bertz CT molecular complexity index is 294. The van der Waals surface area contributed by atoms with E-state index in [1.54, 1.807) is 6.92 Å². The Balaban J connectivity index is 3.20. The van der Waals surface area contributed by atoms with Crippen LogP contribution in [-0.4, -0.2) is 37.0 Å². The van der Waals surface area contributed by atoms with E-state index >= 15 is 0 Å². The molecule has 0 aliphatic heterocycles. The molecule has 0 spiro atoms. The second kappa shape index (κ2) is 20.7. The summed E-state index contributed by atoms with van der Waals surface area (Å²) in [6.07, 6.45) is 18.6. The molecule has 0 fully saturated rings. The van der Waals surface area contributed by atoms with E-state index in [4.69, 9.17) is 14.6 Å². The zero-order chi connectivity index (χ0) is 19.3. The minimum Gasteiger partial charge on any atom is -0.457 e. The first-order chi connectivity index (χ1) is 12.7. The van der Waals surface area contributed by atoms with Crippen molar-refractivity contribution in [3.05, 3.63) is 0 Å². The smallest absolute Gasteiger partial charge is 0.305 e. The highest BCUT2D eigenvalue weighted by Crippen LogP contribution is 2.13. The van der Waals surface area contributed by atoms with E-state index in [2.05, 4.69) is 6.92 Å². The predicted octanol–water partition coefficient (Wildman–Crippen LogP) is 5.80. The highest BCUT2D eigenvalue weighted by molar-refractivity contribution is 5.69. The lowest BCUT2D eigenvalue weighted by molar-refractivity contribution is -0.154. The third-order valence-corrected chi connectivity index (χ3v) is 4.74. The number of carbonyl (C=O) groups is 1. The molecule has 0 aromatic heterocycles. The number of hydrogen-bond donors (Lipinski definition) is 1. The van der Waals surface area contributed by atoms with Gasteiger partial charge in [-0.05, 0) is 6.42 Å². The number of rotatable bonds is 20. The molecule has 0 amide bonds. The first-order valence-electron chi connectivity index (χ1n) is 11.1. The highest BCUT2D eigenvalue weighted by Gasteiger charge is 2.12. The van der Waals surface area contributed by atoms with Crippen LogP contribution >= 0.6 is 0 Å². The van der Waals surface area contributed by atoms with Crippen molar-refractivity contribution in [2.75, 3.05) is 19.8 Å². The molecule has 0 heterocycles. The minimum absolute atomic E-state index is 0.176. The molecule has 0 aromatic carbocycles. The first kappa shape index (κ1) is 25.4. The molecular weight excluding hydrogens is 328 g/mol. The van der Waals surface area contributed by atoms with Gasteiger partial charge in [-0.25, -0.2) is 0 Å². The Morgan fingerprint density at radius 3 is 1.65 bits per heavy atom. The monoisotopic (exact) mass is 372 g/mol. The van der Waals surface area contributed by atoms with Crippen molar-refractivity contribution in [3.63, 3.8) is 0 Å². The van der Waals surface area contributed by atoms with Crippen molar-refractivity contribution in [3.8, 4) is 0 Å². The Labute approximate surface area is 162 Å². The quantitative estimate of drug-likeness (QED) is 0.217. The zero-order valence-corrected chi connectivity index (χ0v) is 17.5. The van der Waals surface area contributed by atoms with Crippen molar-refractivity contribution in [1.29, 1.82) is 0 Å². The number of ether oxygens (including phenoxy) is 2. The Morgan fingerprint density at radius 2 is 1.23 bits per heavy atom. The average molecular weight is 373 g/mol. The third-order valence-electron chi connectivity index (χ3n) is 4.74. The molecule has 4 heteroatoms. The second-order valence-electron chi connectivity index (χ2n) is 7.32. The topological polar surface area (TPSA) is 55.8 Å². The van der Waals surface area contributed by atoms with Crippen LogP contribution in [0.1, 0.15) is 110 Å². The number of unbranched alkanes of at least 4 members (excludes halogenated alkanes) is 13. The lowest BCUT2D eigenvalue weighted by Gasteiger charge is -2.15. The van der Waals surface area contributed by atoms with Crippen LogP contribution < -0.4 is 0 Å². The van der Waals surface area contributed by atoms with Crippen LogP contribution in [0.5, 0.6) is 0 Å². The van der Waals surface area contributed by atoms with Gasteiger partial charge in [0.2, 0.25) is 0 Å². The molecule has 0 bridgehead atoms. The van der Waals surface area contributed by atoms with Crippen LogP contribution in [0.3, 0.4) is 0 Å². The van der Waals surface area contributed by atoms with E-state index in [1.807, 2.05) is 0 Å². The van der Waals surface area contributed by atoms with E-state index in [-0.39, 0.29) is 12.6 Å². The van der Waals surface area contributed by atoms with E-state index in [9.17, 15) is 4.79 Å². The summed E-state index contributed by atoms with van der Waals surface area (Å²) in [5.41, 5.74) is 0. The van der Waals surface area contributed by atoms with E-state index in [1.165, 1.54) is 83.5 Å². The highest BCUT2D eigenvalue weighted by atomic mass is 16.6. The van der Waals surface area contributed by atoms with Crippen LogP contribution in [0.15, 0.2) is 0 Å². The molecule has 0 unspecified atom stereocenters. The molecular formula is C22H44O4. The third kappa shape index (κ3) is 18.2. The summed E-state index contributed by atoms with van der Waals surface area (Å²) < 4.78 is 10.6. The number of aliphatic hydroxyl groups excluding tert-OH is 1. The van der Waals surface area contributed by atoms with E-state index < -0.39 is 6.10 Å². The summed E-state index contributed by atoms with van der Waals surface area (Å²) in [6, 6.07) is 0. The number of carbonyl (C=O) groups excluding carboxylic acids is 1. The van der Waals surface area contributed by atoms with Crippen molar-refractivity contribution in [2.45, 2.75) is 116 Å². The van der Waals surface area contributed by atoms with Gasteiger partial charge < -0.3 is 14.6 Å². The summed E-state index contributed by atoms with van der Waals surface area (Å²) in [5.74, 6) is -0.288. The SMILES string of the molecule is CCCCCCCCCCCCCCCCOC[C@H](CO)OC(=O)CC. The maximum Gasteiger partial charge on any atom is 0.305 e. The molecule has 0 aliphatic carbocycles. The van der Waals surface area contributed by atoms with Crippen LogP contribution in [0.25, 0.3) is 0 Å². The van der Waals surface area contributed by atoms with Gasteiger partial charge in [0.25, 0.3) is 0 Å². The van der Waals surface area contributed by atoms with Gasteiger partial charge in [0.05, 0.1) is 13.2 Å². The van der Waals surface area contributed by atoms with Gasteiger partial charge in [-0.3, -0.25) is 4.79 Å². The molecule has 0 saturated heterocycles. The summed E-state index contributed by atoms with van der Waals surface area (Å²) in [7, 11) is 0. The normalized spacial score (nSPS) is 12.3.